The van der Waals surface area contributed by atoms with Crippen molar-refractivity contribution in [3.8, 4) is 11.4 Å². The molecule has 3 aromatic carbocycles. The summed E-state index contributed by atoms with van der Waals surface area (Å²) in [7, 11) is 0. The summed E-state index contributed by atoms with van der Waals surface area (Å²) in [6.07, 6.45) is -4.58. The van der Waals surface area contributed by atoms with Crippen molar-refractivity contribution in [1.82, 2.24) is 31.1 Å². The van der Waals surface area contributed by atoms with Crippen LogP contribution in [0.25, 0.3) is 11.4 Å². The Morgan fingerprint density at radius 3 is 2.18 bits per heavy atom. The summed E-state index contributed by atoms with van der Waals surface area (Å²) in [4.78, 5) is 25.8. The van der Waals surface area contributed by atoms with Crippen molar-refractivity contribution in [2.45, 2.75) is 12.7 Å². The molecule has 0 aliphatic carbocycles. The van der Waals surface area contributed by atoms with Gasteiger partial charge in [-0.05, 0) is 41.1 Å². The van der Waals surface area contributed by atoms with Crippen LogP contribution in [0.4, 0.5) is 13.2 Å². The largest absolute Gasteiger partial charge is 0.416 e. The monoisotopic (exact) mass is 466 g/mol. The number of amides is 2. The van der Waals surface area contributed by atoms with E-state index < -0.39 is 23.6 Å². The number of halogens is 3. The maximum atomic E-state index is 12.8. The maximum Gasteiger partial charge on any atom is 0.416 e. The van der Waals surface area contributed by atoms with Crippen molar-refractivity contribution in [2.75, 3.05) is 0 Å². The first-order chi connectivity index (χ1) is 16.3. The minimum atomic E-state index is -4.58. The molecule has 0 bridgehead atoms. The van der Waals surface area contributed by atoms with Crippen LogP contribution < -0.4 is 10.9 Å². The molecule has 0 unspecified atom stereocenters. The van der Waals surface area contributed by atoms with Crippen LogP contribution in [0.1, 0.15) is 31.8 Å². The maximum absolute atomic E-state index is 12.8. The summed E-state index contributed by atoms with van der Waals surface area (Å²) < 4.78 is 38.4. The second-order valence-corrected chi connectivity index (χ2v) is 7.19. The summed E-state index contributed by atoms with van der Waals surface area (Å²) >= 11 is 0. The van der Waals surface area contributed by atoms with Gasteiger partial charge in [-0.3, -0.25) is 20.4 Å². The molecule has 1 heterocycles. The molecule has 2 amide bonds. The molecule has 0 aliphatic heterocycles. The fraction of sp³-hybridized carbons (Fsp3) is 0.0870. The number of tetrazole rings is 1. The first kappa shape index (κ1) is 22.6. The van der Waals surface area contributed by atoms with Crippen LogP contribution in [0.15, 0.2) is 78.9 Å². The SMILES string of the molecule is O=C(NNC(=O)c1cccc(C(F)(F)F)c1)c1ccc(Cn2nnc(-c3ccccc3)n2)cc1. The highest BCUT2D eigenvalue weighted by Gasteiger charge is 2.30. The third-order valence-corrected chi connectivity index (χ3v) is 4.77. The lowest BCUT2D eigenvalue weighted by molar-refractivity contribution is -0.137. The summed E-state index contributed by atoms with van der Waals surface area (Å²) in [5.41, 5.74) is 4.99. The third kappa shape index (κ3) is 5.44. The molecule has 4 rings (SSSR count). The lowest BCUT2D eigenvalue weighted by atomic mass is 10.1. The Bertz CT molecular complexity index is 1300. The Morgan fingerprint density at radius 2 is 1.50 bits per heavy atom. The van der Waals surface area contributed by atoms with Gasteiger partial charge >= 0.3 is 6.18 Å². The van der Waals surface area contributed by atoms with E-state index in [0.717, 1.165) is 23.3 Å². The van der Waals surface area contributed by atoms with Gasteiger partial charge in [0.1, 0.15) is 0 Å². The Kier molecular flexibility index (Phi) is 6.35. The van der Waals surface area contributed by atoms with E-state index in [2.05, 4.69) is 26.3 Å². The van der Waals surface area contributed by atoms with Gasteiger partial charge in [0.25, 0.3) is 11.8 Å². The van der Waals surface area contributed by atoms with Gasteiger partial charge in [-0.1, -0.05) is 48.5 Å². The highest BCUT2D eigenvalue weighted by Crippen LogP contribution is 2.29. The zero-order valence-electron chi connectivity index (χ0n) is 17.5. The number of rotatable bonds is 5. The van der Waals surface area contributed by atoms with Crippen LogP contribution in [-0.4, -0.2) is 32.0 Å². The van der Waals surface area contributed by atoms with Crippen LogP contribution >= 0.6 is 0 Å². The van der Waals surface area contributed by atoms with E-state index in [9.17, 15) is 22.8 Å². The minimum absolute atomic E-state index is 0.235. The molecule has 0 spiro atoms. The van der Waals surface area contributed by atoms with Crippen LogP contribution in [0.5, 0.6) is 0 Å². The van der Waals surface area contributed by atoms with Crippen LogP contribution in [-0.2, 0) is 12.7 Å². The van der Waals surface area contributed by atoms with E-state index in [0.29, 0.717) is 18.4 Å². The third-order valence-electron chi connectivity index (χ3n) is 4.77. The number of hydrazine groups is 1. The summed E-state index contributed by atoms with van der Waals surface area (Å²) in [6.45, 7) is 0.327. The molecule has 8 nitrogen and oxygen atoms in total. The van der Waals surface area contributed by atoms with E-state index in [-0.39, 0.29) is 11.1 Å². The zero-order chi connectivity index (χ0) is 24.1. The number of carbonyl (C=O) groups excluding carboxylic acids is 2. The Balaban J connectivity index is 1.34. The highest BCUT2D eigenvalue weighted by molar-refractivity contribution is 5.99. The van der Waals surface area contributed by atoms with Gasteiger partial charge in [0.15, 0.2) is 0 Å². The average molecular weight is 466 g/mol. The lowest BCUT2D eigenvalue weighted by Gasteiger charge is -2.10. The zero-order valence-corrected chi connectivity index (χ0v) is 17.5. The van der Waals surface area contributed by atoms with Gasteiger partial charge in [0.2, 0.25) is 5.82 Å². The van der Waals surface area contributed by atoms with Crippen molar-refractivity contribution in [3.63, 3.8) is 0 Å². The number of benzene rings is 3. The van der Waals surface area contributed by atoms with Crippen molar-refractivity contribution in [1.29, 1.82) is 0 Å². The number of hydrogen-bond donors (Lipinski definition) is 2. The molecular formula is C23H17F3N6O2. The van der Waals surface area contributed by atoms with E-state index >= 15 is 0 Å². The standard InChI is InChI=1S/C23H17F3N6O2/c24-23(25,26)19-8-4-7-18(13-19)22(34)29-28-21(33)17-11-9-15(10-12-17)14-32-30-20(27-31-32)16-5-2-1-3-6-16/h1-13H,14H2,(H,28,33)(H,29,34). The highest BCUT2D eigenvalue weighted by atomic mass is 19.4. The van der Waals surface area contributed by atoms with Gasteiger partial charge < -0.3 is 0 Å². The van der Waals surface area contributed by atoms with Crippen LogP contribution in [0.2, 0.25) is 0 Å². The van der Waals surface area contributed by atoms with Crippen molar-refractivity contribution < 1.29 is 22.8 Å². The Morgan fingerprint density at radius 1 is 0.824 bits per heavy atom. The average Bonchev–Trinajstić information content (AvgIpc) is 3.31. The first-order valence-corrected chi connectivity index (χ1v) is 10.00. The molecule has 0 fully saturated rings. The smallest absolute Gasteiger partial charge is 0.267 e. The number of nitrogens with zero attached hydrogens (tertiary/aromatic N) is 4. The predicted molar refractivity (Wildman–Crippen MR) is 115 cm³/mol. The topological polar surface area (TPSA) is 102 Å². The first-order valence-electron chi connectivity index (χ1n) is 10.00. The molecule has 0 saturated carbocycles. The van der Waals surface area contributed by atoms with Gasteiger partial charge in [0.05, 0.1) is 12.1 Å². The second kappa shape index (κ2) is 9.53. The molecule has 11 heteroatoms. The number of nitrogens with one attached hydrogen (secondary N) is 2. The molecule has 0 aliphatic rings. The summed E-state index contributed by atoms with van der Waals surface area (Å²) in [5.74, 6) is -1.01. The fourth-order valence-electron chi connectivity index (χ4n) is 3.03. The molecule has 1 aromatic heterocycles. The molecule has 0 atom stereocenters. The molecule has 2 N–H and O–H groups in total. The number of alkyl halides is 3. The Hall–Kier alpha value is -4.54. The predicted octanol–water partition coefficient (Wildman–Crippen LogP) is 3.48. The van der Waals surface area contributed by atoms with E-state index in [1.54, 1.807) is 12.1 Å². The normalized spacial score (nSPS) is 11.1. The molecular weight excluding hydrogens is 449 g/mol. The van der Waals surface area contributed by atoms with E-state index in [4.69, 9.17) is 0 Å². The van der Waals surface area contributed by atoms with Crippen LogP contribution in [0, 0.1) is 0 Å². The second-order valence-electron chi connectivity index (χ2n) is 7.19. The molecule has 0 radical (unpaired) electrons. The van der Waals surface area contributed by atoms with E-state index in [1.807, 2.05) is 30.3 Å². The van der Waals surface area contributed by atoms with Gasteiger partial charge in [-0.2, -0.15) is 18.0 Å². The Labute approximate surface area is 191 Å². The van der Waals surface area contributed by atoms with Crippen molar-refractivity contribution in [3.05, 3.63) is 101 Å². The van der Waals surface area contributed by atoms with Gasteiger partial charge in [-0.15, -0.1) is 10.2 Å². The fourth-order valence-corrected chi connectivity index (χ4v) is 3.03. The lowest BCUT2D eigenvalue weighted by Crippen LogP contribution is -2.41. The molecule has 0 saturated heterocycles. The van der Waals surface area contributed by atoms with Crippen molar-refractivity contribution >= 4 is 11.8 Å². The van der Waals surface area contributed by atoms with E-state index in [1.165, 1.54) is 23.0 Å². The minimum Gasteiger partial charge on any atom is -0.267 e. The summed E-state index contributed by atoms with van der Waals surface area (Å²) in [5, 5.41) is 12.4. The quantitative estimate of drug-likeness (QED) is 0.439. The number of carbonyl (C=O) groups is 2. The molecule has 34 heavy (non-hydrogen) atoms. The van der Waals surface area contributed by atoms with Crippen LogP contribution in [0.3, 0.4) is 0 Å². The van der Waals surface area contributed by atoms with Gasteiger partial charge in [0, 0.05) is 16.7 Å². The molecule has 172 valence electrons. The summed E-state index contributed by atoms with van der Waals surface area (Å²) in [6, 6.07) is 19.7. The molecule has 4 aromatic rings. The van der Waals surface area contributed by atoms with Crippen molar-refractivity contribution in [2.24, 2.45) is 0 Å². The number of aromatic nitrogens is 4. The number of hydrogen-bond acceptors (Lipinski definition) is 5. The van der Waals surface area contributed by atoms with Gasteiger partial charge in [-0.25, -0.2) is 0 Å².